The third-order valence-corrected chi connectivity index (χ3v) is 6.22. The third-order valence-electron chi connectivity index (χ3n) is 6.22. The fraction of sp³-hybridized carbons (Fsp3) is 0.320. The van der Waals surface area contributed by atoms with Crippen LogP contribution < -0.4 is 9.64 Å². The summed E-state index contributed by atoms with van der Waals surface area (Å²) in [4.78, 5) is 43.4. The van der Waals surface area contributed by atoms with Crippen molar-refractivity contribution in [1.29, 1.82) is 0 Å². The maximum atomic E-state index is 14.0. The molecule has 0 radical (unpaired) electrons. The topological polar surface area (TPSA) is 96.4 Å². The van der Waals surface area contributed by atoms with Gasteiger partial charge in [-0.15, -0.1) is 0 Å². The Kier molecular flexibility index (Phi) is 5.95. The first-order chi connectivity index (χ1) is 15.9. The number of likely N-dealkylation sites (tertiary alicyclic amines) is 1. The predicted molar refractivity (Wildman–Crippen MR) is 122 cm³/mol. The van der Waals surface area contributed by atoms with Crippen LogP contribution in [0.25, 0.3) is 5.76 Å². The first kappa shape index (κ1) is 22.5. The monoisotopic (exact) mass is 450 g/mol. The number of rotatable bonds is 7. The molecule has 2 amide bonds. The van der Waals surface area contributed by atoms with Crippen molar-refractivity contribution in [2.45, 2.75) is 18.9 Å². The Morgan fingerprint density at radius 1 is 1.03 bits per heavy atom. The van der Waals surface area contributed by atoms with E-state index in [1.54, 1.807) is 60.5 Å². The molecule has 1 spiro atoms. The van der Waals surface area contributed by atoms with Gasteiger partial charge in [0.25, 0.3) is 17.6 Å². The van der Waals surface area contributed by atoms with Gasteiger partial charge in [0.2, 0.25) is 0 Å². The number of aliphatic hydroxyl groups excluding tert-OH is 1. The van der Waals surface area contributed by atoms with Gasteiger partial charge >= 0.3 is 0 Å². The van der Waals surface area contributed by atoms with Crippen LogP contribution in [0.5, 0.6) is 5.75 Å². The molecule has 2 aromatic carbocycles. The van der Waals surface area contributed by atoms with E-state index in [4.69, 9.17) is 9.47 Å². The van der Waals surface area contributed by atoms with Crippen LogP contribution in [0, 0.1) is 0 Å². The van der Waals surface area contributed by atoms with Crippen LogP contribution >= 0.6 is 0 Å². The van der Waals surface area contributed by atoms with Crippen LogP contribution in [0.3, 0.4) is 0 Å². The summed E-state index contributed by atoms with van der Waals surface area (Å²) < 4.78 is 10.3. The lowest BCUT2D eigenvalue weighted by Crippen LogP contribution is -2.52. The number of anilines is 1. The van der Waals surface area contributed by atoms with Crippen molar-refractivity contribution in [1.82, 2.24) is 4.90 Å². The number of carbonyl (C=O) groups is 3. The fourth-order valence-electron chi connectivity index (χ4n) is 4.74. The van der Waals surface area contributed by atoms with Gasteiger partial charge in [-0.1, -0.05) is 18.2 Å². The minimum Gasteiger partial charge on any atom is -0.507 e. The first-order valence-electron chi connectivity index (χ1n) is 10.8. The zero-order valence-corrected chi connectivity index (χ0v) is 18.8. The standard InChI is InChI=1S/C25H26N2O6/c1-4-26-19-9-6-5-8-18(19)25(24(26)31)20(21(28)16-10-12-17(33-3)13-11-16)22(29)23(30)27(25)14-7-15-32-2/h5-6,8-13,28H,4,7,14-15H2,1-3H3/t25-/m0/s1. The highest BCUT2D eigenvalue weighted by molar-refractivity contribution is 6.50. The molecule has 8 nitrogen and oxygen atoms in total. The Morgan fingerprint density at radius 2 is 1.73 bits per heavy atom. The van der Waals surface area contributed by atoms with Gasteiger partial charge in [0.15, 0.2) is 5.54 Å². The van der Waals surface area contributed by atoms with Gasteiger partial charge in [0.05, 0.1) is 18.4 Å². The van der Waals surface area contributed by atoms with Gasteiger partial charge in [-0.25, -0.2) is 0 Å². The molecule has 2 aliphatic rings. The summed E-state index contributed by atoms with van der Waals surface area (Å²) in [6.07, 6.45) is 0.426. The average molecular weight is 450 g/mol. The number of fused-ring (bicyclic) bond motifs is 2. The minimum absolute atomic E-state index is 0.120. The lowest BCUT2D eigenvalue weighted by atomic mass is 9.82. The summed E-state index contributed by atoms with van der Waals surface area (Å²) in [7, 11) is 3.06. The van der Waals surface area contributed by atoms with Crippen molar-refractivity contribution in [2.24, 2.45) is 0 Å². The Labute approximate surface area is 192 Å². The zero-order chi connectivity index (χ0) is 23.8. The summed E-state index contributed by atoms with van der Waals surface area (Å²) in [5.74, 6) is -1.96. The molecular formula is C25H26N2O6. The van der Waals surface area contributed by atoms with E-state index in [2.05, 4.69) is 0 Å². The maximum absolute atomic E-state index is 14.0. The Hall–Kier alpha value is -3.65. The highest BCUT2D eigenvalue weighted by Gasteiger charge is 2.66. The normalized spacial score (nSPS) is 21.2. The molecule has 1 saturated heterocycles. The van der Waals surface area contributed by atoms with Gasteiger partial charge in [-0.2, -0.15) is 0 Å². The number of methoxy groups -OCH3 is 2. The van der Waals surface area contributed by atoms with Crippen LogP contribution in [0.2, 0.25) is 0 Å². The molecule has 4 rings (SSSR count). The smallest absolute Gasteiger partial charge is 0.296 e. The molecule has 0 bridgehead atoms. The van der Waals surface area contributed by atoms with E-state index in [1.165, 1.54) is 12.0 Å². The molecule has 1 atom stereocenters. The molecular weight excluding hydrogens is 424 g/mol. The molecule has 2 aliphatic heterocycles. The largest absolute Gasteiger partial charge is 0.507 e. The van der Waals surface area contributed by atoms with Crippen molar-refractivity contribution in [3.63, 3.8) is 0 Å². The van der Waals surface area contributed by atoms with Crippen LogP contribution in [0.1, 0.15) is 24.5 Å². The van der Waals surface area contributed by atoms with Crippen molar-refractivity contribution in [2.75, 3.05) is 38.8 Å². The molecule has 33 heavy (non-hydrogen) atoms. The fourth-order valence-corrected chi connectivity index (χ4v) is 4.74. The van der Waals surface area contributed by atoms with Crippen LogP contribution in [-0.4, -0.2) is 61.5 Å². The number of ketones is 1. The molecule has 1 N–H and O–H groups in total. The van der Waals surface area contributed by atoms with Gasteiger partial charge < -0.3 is 24.4 Å². The Morgan fingerprint density at radius 3 is 2.36 bits per heavy atom. The second-order valence-electron chi connectivity index (χ2n) is 7.86. The van der Waals surface area contributed by atoms with E-state index in [-0.39, 0.29) is 12.1 Å². The number of carbonyl (C=O) groups excluding carboxylic acids is 3. The molecule has 0 aliphatic carbocycles. The number of likely N-dealkylation sites (N-methyl/N-ethyl adjacent to an activating group) is 1. The van der Waals surface area contributed by atoms with E-state index in [9.17, 15) is 19.5 Å². The van der Waals surface area contributed by atoms with Crippen molar-refractivity contribution < 1.29 is 29.0 Å². The minimum atomic E-state index is -1.74. The number of hydrogen-bond donors (Lipinski definition) is 1. The van der Waals surface area contributed by atoms with Gasteiger partial charge in [-0.05, 0) is 43.7 Å². The summed E-state index contributed by atoms with van der Waals surface area (Å²) in [6.45, 7) is 2.65. The number of aliphatic hydroxyl groups is 1. The van der Waals surface area contributed by atoms with Crippen molar-refractivity contribution in [3.05, 3.63) is 65.2 Å². The number of ether oxygens (including phenoxy) is 2. The molecule has 8 heteroatoms. The second-order valence-corrected chi connectivity index (χ2v) is 7.86. The Balaban J connectivity index is 2.00. The maximum Gasteiger partial charge on any atom is 0.296 e. The second kappa shape index (κ2) is 8.71. The predicted octanol–water partition coefficient (Wildman–Crippen LogP) is 2.67. The number of nitrogens with zero attached hydrogens (tertiary/aromatic N) is 2. The molecule has 1 fully saturated rings. The lowest BCUT2D eigenvalue weighted by Gasteiger charge is -2.34. The molecule has 2 aromatic rings. The highest BCUT2D eigenvalue weighted by Crippen LogP contribution is 2.53. The molecule has 0 saturated carbocycles. The zero-order valence-electron chi connectivity index (χ0n) is 18.8. The van der Waals surface area contributed by atoms with Crippen LogP contribution in [-0.2, 0) is 24.7 Å². The van der Waals surface area contributed by atoms with E-state index in [0.717, 1.165) is 0 Å². The summed E-state index contributed by atoms with van der Waals surface area (Å²) in [5, 5.41) is 11.3. The Bertz CT molecular complexity index is 1140. The highest BCUT2D eigenvalue weighted by atomic mass is 16.5. The van der Waals surface area contributed by atoms with Gasteiger partial charge in [0, 0.05) is 37.9 Å². The van der Waals surface area contributed by atoms with E-state index in [0.29, 0.717) is 42.1 Å². The van der Waals surface area contributed by atoms with Gasteiger partial charge in [-0.3, -0.25) is 14.4 Å². The SMILES string of the molecule is CCN1C(=O)[C@@]2(C(=C(O)c3ccc(OC)cc3)C(=O)C(=O)N2CCCOC)c2ccccc21. The number of Topliss-reactive ketones (excluding diaryl/α,β-unsaturated/α-hetero) is 1. The molecule has 0 aromatic heterocycles. The molecule has 172 valence electrons. The number of para-hydroxylation sites is 1. The quantitative estimate of drug-likeness (QED) is 0.302. The number of benzene rings is 2. The van der Waals surface area contributed by atoms with E-state index >= 15 is 0 Å². The third kappa shape index (κ3) is 3.21. The molecule has 2 heterocycles. The lowest BCUT2D eigenvalue weighted by molar-refractivity contribution is -0.143. The summed E-state index contributed by atoms with van der Waals surface area (Å²) >= 11 is 0. The van der Waals surface area contributed by atoms with E-state index < -0.39 is 28.9 Å². The van der Waals surface area contributed by atoms with Gasteiger partial charge in [0.1, 0.15) is 11.5 Å². The van der Waals surface area contributed by atoms with E-state index in [1.807, 2.05) is 6.92 Å². The van der Waals surface area contributed by atoms with Crippen molar-refractivity contribution in [3.8, 4) is 5.75 Å². The number of amides is 2. The first-order valence-corrected chi connectivity index (χ1v) is 10.8. The van der Waals surface area contributed by atoms with Crippen LogP contribution in [0.15, 0.2) is 54.1 Å². The molecule has 0 unspecified atom stereocenters. The van der Waals surface area contributed by atoms with Crippen LogP contribution in [0.4, 0.5) is 5.69 Å². The summed E-state index contributed by atoms with van der Waals surface area (Å²) in [6, 6.07) is 13.5. The summed E-state index contributed by atoms with van der Waals surface area (Å²) in [5.41, 5.74) is -0.528. The average Bonchev–Trinajstić information content (AvgIpc) is 3.22. The number of hydrogen-bond acceptors (Lipinski definition) is 6. The van der Waals surface area contributed by atoms with Crippen molar-refractivity contribution >= 4 is 29.0 Å².